The number of nitrogens with one attached hydrogen (secondary N) is 1. The van der Waals surface area contributed by atoms with Gasteiger partial charge >= 0.3 is 5.97 Å². The number of aromatic nitrogens is 1. The number of carbonyl (C=O) groups is 1. The minimum Gasteiger partial charge on any atom is -0.478 e. The molecule has 0 aliphatic carbocycles. The van der Waals surface area contributed by atoms with Crippen LogP contribution in [0.15, 0.2) is 22.6 Å². The van der Waals surface area contributed by atoms with Gasteiger partial charge in [0.25, 0.3) is 6.01 Å². The summed E-state index contributed by atoms with van der Waals surface area (Å²) in [4.78, 5) is 15.0. The second kappa shape index (κ2) is 5.23. The van der Waals surface area contributed by atoms with Gasteiger partial charge in [0.05, 0.1) is 5.56 Å². The van der Waals surface area contributed by atoms with E-state index in [1.54, 1.807) is 6.07 Å². The Bertz CT molecular complexity index is 610. The van der Waals surface area contributed by atoms with Gasteiger partial charge in [-0.05, 0) is 24.6 Å². The van der Waals surface area contributed by atoms with E-state index in [9.17, 15) is 4.79 Å². The summed E-state index contributed by atoms with van der Waals surface area (Å²) in [5.41, 5.74) is 1.26. The summed E-state index contributed by atoms with van der Waals surface area (Å²) in [6, 6.07) is 4.95. The van der Waals surface area contributed by atoms with Crippen molar-refractivity contribution in [3.8, 4) is 12.3 Å². The molecule has 92 valence electrons. The van der Waals surface area contributed by atoms with E-state index in [4.69, 9.17) is 15.9 Å². The van der Waals surface area contributed by atoms with E-state index >= 15 is 0 Å². The number of terminal acetylenes is 1. The van der Waals surface area contributed by atoms with Crippen molar-refractivity contribution in [3.63, 3.8) is 0 Å². The van der Waals surface area contributed by atoms with Crippen molar-refractivity contribution in [2.75, 3.05) is 11.9 Å². The maximum Gasteiger partial charge on any atom is 0.335 e. The highest BCUT2D eigenvalue weighted by molar-refractivity contribution is 5.92. The lowest BCUT2D eigenvalue weighted by Gasteiger charge is -1.97. The molecule has 5 nitrogen and oxygen atoms in total. The first kappa shape index (κ1) is 12.0. The normalized spacial score (nSPS) is 10.2. The Morgan fingerprint density at radius 1 is 1.56 bits per heavy atom. The molecule has 0 aliphatic rings. The van der Waals surface area contributed by atoms with Gasteiger partial charge < -0.3 is 14.8 Å². The smallest absolute Gasteiger partial charge is 0.335 e. The number of hydrogen-bond acceptors (Lipinski definition) is 4. The second-order valence-electron chi connectivity index (χ2n) is 3.74. The summed E-state index contributed by atoms with van der Waals surface area (Å²) < 4.78 is 5.40. The van der Waals surface area contributed by atoms with E-state index in [0.717, 1.165) is 6.42 Å². The molecule has 2 aromatic rings. The lowest BCUT2D eigenvalue weighted by molar-refractivity contribution is 0.0697. The molecule has 1 heterocycles. The van der Waals surface area contributed by atoms with Crippen LogP contribution in [0.3, 0.4) is 0 Å². The van der Waals surface area contributed by atoms with Gasteiger partial charge in [-0.25, -0.2) is 4.79 Å². The van der Waals surface area contributed by atoms with Crippen molar-refractivity contribution in [2.45, 2.75) is 12.8 Å². The second-order valence-corrected chi connectivity index (χ2v) is 3.74. The van der Waals surface area contributed by atoms with Crippen molar-refractivity contribution in [1.82, 2.24) is 4.98 Å². The number of fused-ring (bicyclic) bond motifs is 1. The van der Waals surface area contributed by atoms with Crippen molar-refractivity contribution in [3.05, 3.63) is 23.8 Å². The minimum atomic E-state index is -0.989. The number of hydrogen-bond donors (Lipinski definition) is 2. The number of carboxylic acids is 1. The number of oxazole rings is 1. The Hall–Kier alpha value is -2.48. The highest BCUT2D eigenvalue weighted by atomic mass is 16.4. The first-order valence-electron chi connectivity index (χ1n) is 5.52. The topological polar surface area (TPSA) is 75.4 Å². The molecule has 5 heteroatoms. The maximum absolute atomic E-state index is 10.8. The van der Waals surface area contributed by atoms with Crippen LogP contribution in [0, 0.1) is 12.3 Å². The van der Waals surface area contributed by atoms with E-state index in [0.29, 0.717) is 30.1 Å². The third-order valence-electron chi connectivity index (χ3n) is 2.41. The SMILES string of the molecule is C#CCCCNc1nc2ccc(C(=O)O)cc2o1. The van der Waals surface area contributed by atoms with Crippen LogP contribution in [0.5, 0.6) is 0 Å². The lowest BCUT2D eigenvalue weighted by Crippen LogP contribution is -2.00. The summed E-state index contributed by atoms with van der Waals surface area (Å²) >= 11 is 0. The van der Waals surface area contributed by atoms with Crippen LogP contribution in [0.2, 0.25) is 0 Å². The van der Waals surface area contributed by atoms with Crippen LogP contribution in [-0.2, 0) is 0 Å². The van der Waals surface area contributed by atoms with Crippen molar-refractivity contribution in [1.29, 1.82) is 0 Å². The monoisotopic (exact) mass is 244 g/mol. The molecule has 2 rings (SSSR count). The average molecular weight is 244 g/mol. The molecule has 0 aliphatic heterocycles. The Balaban J connectivity index is 2.12. The van der Waals surface area contributed by atoms with Gasteiger partial charge in [-0.3, -0.25) is 0 Å². The molecular weight excluding hydrogens is 232 g/mol. The number of nitrogens with zero attached hydrogens (tertiary/aromatic N) is 1. The van der Waals surface area contributed by atoms with Crippen LogP contribution in [0.25, 0.3) is 11.1 Å². The van der Waals surface area contributed by atoms with Crippen LogP contribution < -0.4 is 5.32 Å². The molecule has 1 aromatic heterocycles. The lowest BCUT2D eigenvalue weighted by atomic mass is 10.2. The van der Waals surface area contributed by atoms with Gasteiger partial charge in [0.1, 0.15) is 5.52 Å². The van der Waals surface area contributed by atoms with E-state index in [2.05, 4.69) is 16.2 Å². The van der Waals surface area contributed by atoms with Crippen molar-refractivity contribution < 1.29 is 14.3 Å². The fourth-order valence-corrected chi connectivity index (χ4v) is 1.52. The Morgan fingerprint density at radius 2 is 2.39 bits per heavy atom. The molecule has 0 spiro atoms. The predicted molar refractivity (Wildman–Crippen MR) is 67.5 cm³/mol. The van der Waals surface area contributed by atoms with Crippen LogP contribution in [0.1, 0.15) is 23.2 Å². The number of rotatable bonds is 5. The zero-order chi connectivity index (χ0) is 13.0. The van der Waals surface area contributed by atoms with Crippen LogP contribution in [-0.4, -0.2) is 22.6 Å². The van der Waals surface area contributed by atoms with Gasteiger partial charge in [0, 0.05) is 13.0 Å². The molecule has 0 saturated heterocycles. The van der Waals surface area contributed by atoms with Crippen LogP contribution in [0.4, 0.5) is 6.01 Å². The largest absolute Gasteiger partial charge is 0.478 e. The summed E-state index contributed by atoms with van der Waals surface area (Å²) in [7, 11) is 0. The summed E-state index contributed by atoms with van der Waals surface area (Å²) in [5, 5.41) is 11.9. The highest BCUT2D eigenvalue weighted by Gasteiger charge is 2.09. The number of carboxylic acid groups (broad SMARTS) is 1. The number of benzene rings is 1. The molecule has 0 fully saturated rings. The third-order valence-corrected chi connectivity index (χ3v) is 2.41. The maximum atomic E-state index is 10.8. The third kappa shape index (κ3) is 2.61. The van der Waals surface area contributed by atoms with Crippen molar-refractivity contribution >= 4 is 23.1 Å². The fourth-order valence-electron chi connectivity index (χ4n) is 1.52. The highest BCUT2D eigenvalue weighted by Crippen LogP contribution is 2.20. The molecule has 0 amide bonds. The number of unbranched alkanes of at least 4 members (excludes halogenated alkanes) is 1. The quantitative estimate of drug-likeness (QED) is 0.623. The molecule has 0 atom stereocenters. The van der Waals surface area contributed by atoms with Gasteiger partial charge in [0.2, 0.25) is 0 Å². The van der Waals surface area contributed by atoms with E-state index in [1.165, 1.54) is 12.1 Å². The summed E-state index contributed by atoms with van der Waals surface area (Å²) in [5.74, 6) is 1.56. The van der Waals surface area contributed by atoms with Crippen LogP contribution >= 0.6 is 0 Å². The Kier molecular flexibility index (Phi) is 3.49. The van der Waals surface area contributed by atoms with E-state index < -0.39 is 5.97 Å². The number of aromatic carboxylic acids is 1. The number of anilines is 1. The summed E-state index contributed by atoms with van der Waals surface area (Å²) in [6.07, 6.45) is 6.66. The Labute approximate surface area is 104 Å². The molecule has 0 saturated carbocycles. The van der Waals surface area contributed by atoms with E-state index in [-0.39, 0.29) is 5.56 Å². The Morgan fingerprint density at radius 3 is 3.11 bits per heavy atom. The zero-order valence-corrected chi connectivity index (χ0v) is 9.64. The summed E-state index contributed by atoms with van der Waals surface area (Å²) in [6.45, 7) is 0.669. The predicted octanol–water partition coefficient (Wildman–Crippen LogP) is 2.35. The van der Waals surface area contributed by atoms with Gasteiger partial charge in [-0.1, -0.05) is 0 Å². The molecule has 0 radical (unpaired) electrons. The molecule has 18 heavy (non-hydrogen) atoms. The first-order chi connectivity index (χ1) is 8.70. The molecule has 0 bridgehead atoms. The fraction of sp³-hybridized carbons (Fsp3) is 0.231. The molecule has 2 N–H and O–H groups in total. The first-order valence-corrected chi connectivity index (χ1v) is 5.52. The van der Waals surface area contributed by atoms with Gasteiger partial charge in [0.15, 0.2) is 5.58 Å². The standard InChI is InChI=1S/C13H12N2O3/c1-2-3-4-7-14-13-15-10-6-5-9(12(16)17)8-11(10)18-13/h1,5-6,8H,3-4,7H2,(H,14,15)(H,16,17). The van der Waals surface area contributed by atoms with E-state index in [1.807, 2.05) is 0 Å². The molecular formula is C13H12N2O3. The van der Waals surface area contributed by atoms with Gasteiger partial charge in [-0.15, -0.1) is 12.3 Å². The van der Waals surface area contributed by atoms with Crippen molar-refractivity contribution in [2.24, 2.45) is 0 Å². The molecule has 1 aromatic carbocycles. The van der Waals surface area contributed by atoms with Gasteiger partial charge in [-0.2, -0.15) is 4.98 Å². The average Bonchev–Trinajstić information content (AvgIpc) is 2.76. The zero-order valence-electron chi connectivity index (χ0n) is 9.64. The minimum absolute atomic E-state index is 0.178. The molecule has 0 unspecified atom stereocenters.